The molecule has 0 aliphatic carbocycles. The topological polar surface area (TPSA) is 43.4 Å². The van der Waals surface area contributed by atoms with Gasteiger partial charge in [-0.05, 0) is 13.8 Å². The first-order valence-corrected chi connectivity index (χ1v) is 2.77. The summed E-state index contributed by atoms with van der Waals surface area (Å²) in [4.78, 5) is 20.9. The van der Waals surface area contributed by atoms with E-state index in [-0.39, 0.29) is 18.2 Å². The van der Waals surface area contributed by atoms with E-state index in [0.717, 1.165) is 0 Å². The average Bonchev–Trinajstić information content (AvgIpc) is 1.62. The number of carbonyl (C=O) groups excluding carboxylic acids is 2. The van der Waals surface area contributed by atoms with E-state index >= 15 is 0 Å². The molecule has 0 bridgehead atoms. The van der Waals surface area contributed by atoms with Crippen LogP contribution in [0.25, 0.3) is 0 Å². The average molecular weight is 128 g/mol. The molecule has 0 aromatic rings. The van der Waals surface area contributed by atoms with Gasteiger partial charge in [0.2, 0.25) is 0 Å². The minimum Gasteiger partial charge on any atom is -0.451 e. The summed E-state index contributed by atoms with van der Waals surface area (Å²) < 4.78 is 4.60. The summed E-state index contributed by atoms with van der Waals surface area (Å²) in [5.74, 6) is -0.366. The molecule has 1 aliphatic rings. The van der Waals surface area contributed by atoms with E-state index in [1.165, 1.54) is 6.92 Å². The molecule has 1 atom stereocenters. The quantitative estimate of drug-likeness (QED) is 0.476. The molecule has 3 heteroatoms. The Bertz CT molecular complexity index is 163. The predicted molar refractivity (Wildman–Crippen MR) is 29.8 cm³/mol. The van der Waals surface area contributed by atoms with Gasteiger partial charge in [0.15, 0.2) is 11.4 Å². The van der Waals surface area contributed by atoms with Crippen LogP contribution in [-0.2, 0) is 14.3 Å². The number of Topliss-reactive ketones (excluding diaryl/α,β-unsaturated/α-hetero) is 1. The standard InChI is InChI=1S/C6H8O3/c1-4(7)6(2)3-5(8)9-6/h3H2,1-2H3. The van der Waals surface area contributed by atoms with Crippen molar-refractivity contribution in [3.63, 3.8) is 0 Å². The minimum absolute atomic E-state index is 0.0814. The van der Waals surface area contributed by atoms with Gasteiger partial charge < -0.3 is 4.74 Å². The largest absolute Gasteiger partial charge is 0.451 e. The first-order chi connectivity index (χ1) is 4.04. The SMILES string of the molecule is CC(=O)C1(C)CC(=O)O1. The van der Waals surface area contributed by atoms with Crippen LogP contribution >= 0.6 is 0 Å². The number of cyclic esters (lactones) is 1. The van der Waals surface area contributed by atoms with E-state index in [4.69, 9.17) is 0 Å². The second-order valence-electron chi connectivity index (χ2n) is 2.44. The number of rotatable bonds is 1. The zero-order chi connectivity index (χ0) is 7.07. The Balaban J connectivity index is 2.60. The molecular formula is C6H8O3. The van der Waals surface area contributed by atoms with Gasteiger partial charge in [-0.2, -0.15) is 0 Å². The van der Waals surface area contributed by atoms with Crippen LogP contribution in [0, 0.1) is 0 Å². The van der Waals surface area contributed by atoms with Gasteiger partial charge in [0.1, 0.15) is 0 Å². The van der Waals surface area contributed by atoms with E-state index in [2.05, 4.69) is 4.74 Å². The number of carbonyl (C=O) groups is 2. The van der Waals surface area contributed by atoms with E-state index in [1.54, 1.807) is 6.92 Å². The fourth-order valence-electron chi connectivity index (χ4n) is 0.715. The summed E-state index contributed by atoms with van der Waals surface area (Å²) in [5, 5.41) is 0. The Morgan fingerprint density at radius 2 is 2.22 bits per heavy atom. The number of ether oxygens (including phenoxy) is 1. The fraction of sp³-hybridized carbons (Fsp3) is 0.667. The summed E-state index contributed by atoms with van der Waals surface area (Å²) in [7, 11) is 0. The van der Waals surface area contributed by atoms with Crippen molar-refractivity contribution < 1.29 is 14.3 Å². The molecule has 1 saturated heterocycles. The Morgan fingerprint density at radius 3 is 2.33 bits per heavy atom. The van der Waals surface area contributed by atoms with E-state index in [9.17, 15) is 9.59 Å². The zero-order valence-corrected chi connectivity index (χ0v) is 5.43. The van der Waals surface area contributed by atoms with Crippen LogP contribution in [0.2, 0.25) is 0 Å². The highest BCUT2D eigenvalue weighted by Crippen LogP contribution is 2.27. The van der Waals surface area contributed by atoms with Crippen LogP contribution in [0.4, 0.5) is 0 Å². The Kier molecular flexibility index (Phi) is 1.08. The molecule has 0 aromatic heterocycles. The number of ketones is 1. The lowest BCUT2D eigenvalue weighted by atomic mass is 9.93. The van der Waals surface area contributed by atoms with Gasteiger partial charge >= 0.3 is 5.97 Å². The monoisotopic (exact) mass is 128 g/mol. The van der Waals surface area contributed by atoms with Crippen molar-refractivity contribution in [2.24, 2.45) is 0 Å². The van der Waals surface area contributed by atoms with Crippen molar-refractivity contribution in [2.45, 2.75) is 25.9 Å². The lowest BCUT2D eigenvalue weighted by Gasteiger charge is -2.34. The lowest BCUT2D eigenvalue weighted by molar-refractivity contribution is -0.190. The van der Waals surface area contributed by atoms with Crippen molar-refractivity contribution in [2.75, 3.05) is 0 Å². The summed E-state index contributed by atoms with van der Waals surface area (Å²) in [6.07, 6.45) is 0.238. The van der Waals surface area contributed by atoms with E-state index in [1.807, 2.05) is 0 Å². The number of hydrogen-bond donors (Lipinski definition) is 0. The maximum absolute atomic E-state index is 10.6. The lowest BCUT2D eigenvalue weighted by Crippen LogP contribution is -2.50. The Hall–Kier alpha value is -0.860. The molecule has 0 amide bonds. The molecule has 0 N–H and O–H groups in total. The van der Waals surface area contributed by atoms with Gasteiger partial charge in [0.25, 0.3) is 0 Å². The molecule has 0 saturated carbocycles. The van der Waals surface area contributed by atoms with Crippen molar-refractivity contribution in [3.8, 4) is 0 Å². The predicted octanol–water partition coefficient (Wildman–Crippen LogP) is 0.281. The summed E-state index contributed by atoms with van der Waals surface area (Å²) in [6.45, 7) is 3.04. The maximum atomic E-state index is 10.6. The van der Waals surface area contributed by atoms with Crippen LogP contribution in [0.1, 0.15) is 20.3 Å². The highest BCUT2D eigenvalue weighted by Gasteiger charge is 2.45. The molecule has 0 aromatic carbocycles. The molecule has 0 spiro atoms. The third kappa shape index (κ3) is 0.823. The molecule has 9 heavy (non-hydrogen) atoms. The fourth-order valence-corrected chi connectivity index (χ4v) is 0.715. The summed E-state index contributed by atoms with van der Waals surface area (Å²) >= 11 is 0. The molecule has 1 heterocycles. The molecular weight excluding hydrogens is 120 g/mol. The first kappa shape index (κ1) is 6.26. The normalized spacial score (nSPS) is 32.9. The third-order valence-electron chi connectivity index (χ3n) is 1.57. The van der Waals surface area contributed by atoms with Gasteiger partial charge in [-0.15, -0.1) is 0 Å². The van der Waals surface area contributed by atoms with Crippen LogP contribution in [0.5, 0.6) is 0 Å². The molecule has 1 aliphatic heterocycles. The molecule has 1 unspecified atom stereocenters. The van der Waals surface area contributed by atoms with E-state index in [0.29, 0.717) is 0 Å². The molecule has 1 fully saturated rings. The van der Waals surface area contributed by atoms with Gasteiger partial charge in [-0.3, -0.25) is 9.59 Å². The summed E-state index contributed by atoms with van der Waals surface area (Å²) in [5.41, 5.74) is -0.795. The molecule has 3 nitrogen and oxygen atoms in total. The van der Waals surface area contributed by atoms with Crippen LogP contribution < -0.4 is 0 Å². The van der Waals surface area contributed by atoms with Crippen molar-refractivity contribution in [1.29, 1.82) is 0 Å². The highest BCUT2D eigenvalue weighted by atomic mass is 16.6. The molecule has 1 rings (SSSR count). The minimum atomic E-state index is -0.795. The molecule has 50 valence electrons. The van der Waals surface area contributed by atoms with Crippen molar-refractivity contribution in [3.05, 3.63) is 0 Å². The van der Waals surface area contributed by atoms with Crippen molar-refractivity contribution >= 4 is 11.8 Å². The smallest absolute Gasteiger partial charge is 0.311 e. The van der Waals surface area contributed by atoms with Crippen LogP contribution in [0.3, 0.4) is 0 Å². The zero-order valence-electron chi connectivity index (χ0n) is 5.43. The van der Waals surface area contributed by atoms with Gasteiger partial charge in [0, 0.05) is 0 Å². The molecule has 0 radical (unpaired) electrons. The van der Waals surface area contributed by atoms with Crippen LogP contribution in [-0.4, -0.2) is 17.4 Å². The highest BCUT2D eigenvalue weighted by molar-refractivity contribution is 5.95. The van der Waals surface area contributed by atoms with E-state index < -0.39 is 5.60 Å². The Labute approximate surface area is 53.0 Å². The third-order valence-corrected chi connectivity index (χ3v) is 1.57. The Morgan fingerprint density at radius 1 is 1.78 bits per heavy atom. The van der Waals surface area contributed by atoms with Crippen molar-refractivity contribution in [1.82, 2.24) is 0 Å². The van der Waals surface area contributed by atoms with Gasteiger partial charge in [-0.25, -0.2) is 0 Å². The number of esters is 1. The second kappa shape index (κ2) is 1.56. The van der Waals surface area contributed by atoms with Gasteiger partial charge in [0.05, 0.1) is 6.42 Å². The summed E-state index contributed by atoms with van der Waals surface area (Å²) in [6, 6.07) is 0. The van der Waals surface area contributed by atoms with Crippen LogP contribution in [0.15, 0.2) is 0 Å². The maximum Gasteiger partial charge on any atom is 0.311 e. The first-order valence-electron chi connectivity index (χ1n) is 2.77. The second-order valence-corrected chi connectivity index (χ2v) is 2.44. The number of hydrogen-bond acceptors (Lipinski definition) is 3. The van der Waals surface area contributed by atoms with Gasteiger partial charge in [-0.1, -0.05) is 0 Å².